The number of ether oxygens (including phenoxy) is 1. The summed E-state index contributed by atoms with van der Waals surface area (Å²) < 4.78 is 64.6. The van der Waals surface area contributed by atoms with Gasteiger partial charge < -0.3 is 20.3 Å². The minimum atomic E-state index is -4.53. The number of carbonyl (C=O) groups is 1. The number of fused-ring (bicyclic) bond motifs is 4. The summed E-state index contributed by atoms with van der Waals surface area (Å²) in [5.41, 5.74) is 0.614. The normalized spacial score (nSPS) is 27.8. The molecule has 0 bridgehead atoms. The molecule has 4 aliphatic rings. The number of nitrogens with zero attached hydrogens (tertiary/aromatic N) is 5. The van der Waals surface area contributed by atoms with E-state index in [0.29, 0.717) is 42.9 Å². The molecule has 2 unspecified atom stereocenters. The first-order valence-corrected chi connectivity index (χ1v) is 15.1. The summed E-state index contributed by atoms with van der Waals surface area (Å²) in [6, 6.07) is -0.465. The number of anilines is 2. The molecule has 3 aromatic rings. The molecule has 3 aromatic heterocycles. The van der Waals surface area contributed by atoms with Gasteiger partial charge in [-0.25, -0.2) is 0 Å². The van der Waals surface area contributed by atoms with E-state index < -0.39 is 30.2 Å². The Labute approximate surface area is 246 Å². The molecule has 224 valence electrons. The summed E-state index contributed by atoms with van der Waals surface area (Å²) in [6.07, 6.45) is -0.200. The summed E-state index contributed by atoms with van der Waals surface area (Å²) in [5.74, 6) is -0.298. The first-order chi connectivity index (χ1) is 20.8. The summed E-state index contributed by atoms with van der Waals surface area (Å²) in [7, 11) is 0. The van der Waals surface area contributed by atoms with Crippen LogP contribution < -0.4 is 21.1 Å². The Hall–Kier alpha value is -3.23. The highest BCUT2D eigenvalue weighted by atomic mass is 32.1. The van der Waals surface area contributed by atoms with Gasteiger partial charge in [0.15, 0.2) is 5.82 Å². The molecule has 42 heavy (non-hydrogen) atoms. The van der Waals surface area contributed by atoms with Gasteiger partial charge in [0.1, 0.15) is 11.7 Å². The standard InChI is InChI=1S/C28H32F3N7O3S/c1-14-12-20(24(39)34-25-15(2)17(13-42-25)28(29,30)31)37-21(14)22(36-9-8-32-18-5-6-19(18)36)26(40)38-27(37)33-23(35-38)16-4-3-10-41-11-7-16/h7,13-14,18-20,32H,3-6,8-12H2,1-2H3,(H,34,39)/t14?,18-,19-,20?/m0/s1/i10D2. The maximum Gasteiger partial charge on any atom is 0.417 e. The molecular formula is C28H32F3N7O3S. The maximum atomic E-state index is 14.3. The van der Waals surface area contributed by atoms with Crippen LogP contribution in [0, 0.1) is 6.92 Å². The molecule has 1 aliphatic carbocycles. The predicted octanol–water partition coefficient (Wildman–Crippen LogP) is 4.10. The fourth-order valence-corrected chi connectivity index (χ4v) is 7.67. The second-order valence-electron chi connectivity index (χ2n) is 11.4. The molecule has 1 saturated carbocycles. The highest BCUT2D eigenvalue weighted by molar-refractivity contribution is 7.14. The van der Waals surface area contributed by atoms with Crippen LogP contribution in [-0.4, -0.2) is 63.4 Å². The van der Waals surface area contributed by atoms with Gasteiger partial charge in [0.25, 0.3) is 5.56 Å². The third-order valence-corrected chi connectivity index (χ3v) is 9.92. The zero-order chi connectivity index (χ0) is 31.1. The summed E-state index contributed by atoms with van der Waals surface area (Å²) in [4.78, 5) is 35.0. The lowest BCUT2D eigenvalue weighted by atomic mass is 9.83. The smallest absolute Gasteiger partial charge is 0.377 e. The second-order valence-corrected chi connectivity index (χ2v) is 12.3. The van der Waals surface area contributed by atoms with E-state index in [2.05, 4.69) is 20.6 Å². The highest BCUT2D eigenvalue weighted by Gasteiger charge is 2.45. The van der Waals surface area contributed by atoms with Gasteiger partial charge in [0.2, 0.25) is 11.7 Å². The van der Waals surface area contributed by atoms with E-state index in [1.165, 1.54) is 11.4 Å². The number of rotatable bonds is 4. The quantitative estimate of drug-likeness (QED) is 0.462. The van der Waals surface area contributed by atoms with Crippen molar-refractivity contribution >= 4 is 39.3 Å². The molecular weight excluding hydrogens is 571 g/mol. The van der Waals surface area contributed by atoms with E-state index in [-0.39, 0.29) is 58.8 Å². The zero-order valence-corrected chi connectivity index (χ0v) is 23.9. The third-order valence-electron chi connectivity index (χ3n) is 8.93. The molecule has 1 amide bonds. The van der Waals surface area contributed by atoms with Crippen LogP contribution in [0.4, 0.5) is 23.9 Å². The fourth-order valence-electron chi connectivity index (χ4n) is 6.67. The molecule has 3 aliphatic heterocycles. The van der Waals surface area contributed by atoms with Crippen LogP contribution in [-0.2, 0) is 15.7 Å². The maximum absolute atomic E-state index is 14.3. The van der Waals surface area contributed by atoms with Crippen molar-refractivity contribution in [3.8, 4) is 0 Å². The SMILES string of the molecule is [2H]C1([2H])CCC(c2nc3n4c(c(N5CCN[C@H]6CC[C@@H]65)c(=O)n3n2)C(C)CC4C(=O)Nc2scc(C(F)(F)F)c2C)=CCO1. The predicted molar refractivity (Wildman–Crippen MR) is 152 cm³/mol. The monoisotopic (exact) mass is 605 g/mol. The number of thiophene rings is 1. The topological polar surface area (TPSA) is 106 Å². The Balaban J connectivity index is 1.35. The third kappa shape index (κ3) is 4.37. The molecule has 2 fully saturated rings. The molecule has 7 rings (SSSR count). The van der Waals surface area contributed by atoms with Crippen LogP contribution in [0.15, 0.2) is 16.3 Å². The number of carbonyl (C=O) groups excluding carboxylic acids is 1. The van der Waals surface area contributed by atoms with Crippen molar-refractivity contribution in [3.05, 3.63) is 44.5 Å². The Morgan fingerprint density at radius 1 is 1.33 bits per heavy atom. The number of hydrogen-bond acceptors (Lipinski definition) is 8. The van der Waals surface area contributed by atoms with Gasteiger partial charge in [-0.3, -0.25) is 14.2 Å². The van der Waals surface area contributed by atoms with Crippen LogP contribution in [0.2, 0.25) is 0 Å². The van der Waals surface area contributed by atoms with Gasteiger partial charge >= 0.3 is 6.18 Å². The minimum absolute atomic E-state index is 0.0185. The van der Waals surface area contributed by atoms with E-state index in [0.717, 1.165) is 29.6 Å². The van der Waals surface area contributed by atoms with Crippen LogP contribution in [0.5, 0.6) is 0 Å². The van der Waals surface area contributed by atoms with E-state index in [1.54, 1.807) is 10.6 Å². The van der Waals surface area contributed by atoms with Gasteiger partial charge in [0.05, 0.1) is 25.6 Å². The molecule has 6 heterocycles. The number of nitrogens with one attached hydrogen (secondary N) is 2. The number of aromatic nitrogens is 4. The van der Waals surface area contributed by atoms with E-state index in [9.17, 15) is 22.8 Å². The van der Waals surface area contributed by atoms with Gasteiger partial charge in [-0.2, -0.15) is 22.7 Å². The Morgan fingerprint density at radius 2 is 2.17 bits per heavy atom. The molecule has 10 nitrogen and oxygen atoms in total. The van der Waals surface area contributed by atoms with E-state index in [1.807, 2.05) is 6.92 Å². The number of hydrogen-bond donors (Lipinski definition) is 2. The van der Waals surface area contributed by atoms with Crippen LogP contribution >= 0.6 is 11.3 Å². The molecule has 0 radical (unpaired) electrons. The molecule has 0 spiro atoms. The first-order valence-electron chi connectivity index (χ1n) is 15.2. The molecule has 0 aromatic carbocycles. The largest absolute Gasteiger partial charge is 0.417 e. The lowest BCUT2D eigenvalue weighted by molar-refractivity contribution is -0.137. The minimum Gasteiger partial charge on any atom is -0.377 e. The second kappa shape index (κ2) is 10.2. The van der Waals surface area contributed by atoms with Crippen molar-refractivity contribution in [2.45, 2.75) is 76.2 Å². The lowest BCUT2D eigenvalue weighted by Gasteiger charge is -2.50. The summed E-state index contributed by atoms with van der Waals surface area (Å²) in [6.45, 7) is 2.80. The number of allylic oxidation sites excluding steroid dienone is 1. The Bertz CT molecular complexity index is 1750. The highest BCUT2D eigenvalue weighted by Crippen LogP contribution is 2.45. The fraction of sp³-hybridized carbons (Fsp3) is 0.571. The number of amides is 1. The summed E-state index contributed by atoms with van der Waals surface area (Å²) >= 11 is 0.827. The number of halogens is 3. The van der Waals surface area contributed by atoms with Gasteiger partial charge in [0, 0.05) is 43.0 Å². The Kier molecular flexibility index (Phi) is 6.14. The molecule has 14 heteroatoms. The number of alkyl halides is 3. The Morgan fingerprint density at radius 3 is 2.90 bits per heavy atom. The van der Waals surface area contributed by atoms with Gasteiger partial charge in [-0.1, -0.05) is 13.0 Å². The van der Waals surface area contributed by atoms with Crippen molar-refractivity contribution in [3.63, 3.8) is 0 Å². The van der Waals surface area contributed by atoms with Crippen molar-refractivity contribution in [1.82, 2.24) is 24.5 Å². The first kappa shape index (κ1) is 25.3. The average Bonchev–Trinajstić information content (AvgIpc) is 3.59. The number of piperazine rings is 1. The molecule has 4 atom stereocenters. The van der Waals surface area contributed by atoms with Crippen LogP contribution in [0.3, 0.4) is 0 Å². The van der Waals surface area contributed by atoms with Gasteiger partial charge in [-0.15, -0.1) is 16.4 Å². The molecule has 1 saturated heterocycles. The van der Waals surface area contributed by atoms with E-state index >= 15 is 0 Å². The van der Waals surface area contributed by atoms with E-state index in [4.69, 9.17) is 12.5 Å². The van der Waals surface area contributed by atoms with Crippen molar-refractivity contribution in [2.24, 2.45) is 0 Å². The van der Waals surface area contributed by atoms with Crippen LogP contribution in [0.1, 0.15) is 76.4 Å². The zero-order valence-electron chi connectivity index (χ0n) is 25.1. The van der Waals surface area contributed by atoms with Gasteiger partial charge in [-0.05, 0) is 50.2 Å². The lowest BCUT2D eigenvalue weighted by Crippen LogP contribution is -2.64. The average molecular weight is 606 g/mol. The van der Waals surface area contributed by atoms with Crippen molar-refractivity contribution < 1.29 is 25.4 Å². The van der Waals surface area contributed by atoms with Crippen LogP contribution in [0.25, 0.3) is 11.4 Å². The van der Waals surface area contributed by atoms with Crippen molar-refractivity contribution in [2.75, 3.05) is 36.5 Å². The van der Waals surface area contributed by atoms with Crippen molar-refractivity contribution in [1.29, 1.82) is 0 Å². The molecule has 2 N–H and O–H groups in total. The summed E-state index contributed by atoms with van der Waals surface area (Å²) in [5, 5.41) is 12.0.